The van der Waals surface area contributed by atoms with E-state index < -0.39 is 5.97 Å². The molecule has 0 fully saturated rings. The molecule has 0 atom stereocenters. The van der Waals surface area contributed by atoms with E-state index in [1.54, 1.807) is 13.0 Å². The molecule has 0 aromatic rings. The molecule has 0 radical (unpaired) electrons. The number of carbonyl (C=O) groups is 1. The fourth-order valence-corrected chi connectivity index (χ4v) is 0.737. The van der Waals surface area contributed by atoms with Crippen molar-refractivity contribution in [3.8, 4) is 6.07 Å². The van der Waals surface area contributed by atoms with E-state index in [9.17, 15) is 4.79 Å². The van der Waals surface area contributed by atoms with Gasteiger partial charge in [-0.1, -0.05) is 19.9 Å². The van der Waals surface area contributed by atoms with Gasteiger partial charge in [-0.15, -0.1) is 0 Å². The Hall–Kier alpha value is -1.30. The van der Waals surface area contributed by atoms with Crippen molar-refractivity contribution in [3.63, 3.8) is 0 Å². The quantitative estimate of drug-likeness (QED) is 0.379. The van der Waals surface area contributed by atoms with E-state index in [0.29, 0.717) is 12.5 Å². The number of carbonyl (C=O) groups excluding carboxylic acids is 1. The van der Waals surface area contributed by atoms with E-state index >= 15 is 0 Å². The van der Waals surface area contributed by atoms with E-state index in [-0.39, 0.29) is 5.57 Å². The van der Waals surface area contributed by atoms with Gasteiger partial charge in [0.1, 0.15) is 11.6 Å². The molecule has 0 N–H and O–H groups in total. The van der Waals surface area contributed by atoms with Gasteiger partial charge in [0.05, 0.1) is 6.61 Å². The highest BCUT2D eigenvalue weighted by atomic mass is 16.5. The Balaban J connectivity index is 4.26. The van der Waals surface area contributed by atoms with Gasteiger partial charge in [-0.25, -0.2) is 4.79 Å². The second kappa shape index (κ2) is 6.24. The van der Waals surface area contributed by atoms with Gasteiger partial charge in [-0.2, -0.15) is 5.26 Å². The summed E-state index contributed by atoms with van der Waals surface area (Å²) in [5.41, 5.74) is 0.107. The summed E-state index contributed by atoms with van der Waals surface area (Å²) in [6, 6.07) is 1.83. The molecular weight excluding hydrogens is 166 g/mol. The highest BCUT2D eigenvalue weighted by Crippen LogP contribution is 2.05. The van der Waals surface area contributed by atoms with E-state index in [1.165, 1.54) is 0 Å². The predicted molar refractivity (Wildman–Crippen MR) is 49.8 cm³/mol. The Morgan fingerprint density at radius 3 is 2.62 bits per heavy atom. The molecule has 0 amide bonds. The van der Waals surface area contributed by atoms with Crippen LogP contribution in [-0.4, -0.2) is 12.6 Å². The van der Waals surface area contributed by atoms with Gasteiger partial charge in [0.2, 0.25) is 0 Å². The molecule has 0 unspecified atom stereocenters. The molecular formula is C10H15NO2. The van der Waals surface area contributed by atoms with Crippen LogP contribution in [0.4, 0.5) is 0 Å². The van der Waals surface area contributed by atoms with Crippen LogP contribution in [0.1, 0.15) is 27.2 Å². The van der Waals surface area contributed by atoms with Gasteiger partial charge in [0.15, 0.2) is 0 Å². The monoisotopic (exact) mass is 181 g/mol. The Bertz CT molecular complexity index is 236. The molecule has 0 spiro atoms. The Morgan fingerprint density at radius 1 is 1.62 bits per heavy atom. The van der Waals surface area contributed by atoms with Gasteiger partial charge in [-0.05, 0) is 19.3 Å². The van der Waals surface area contributed by atoms with Gasteiger partial charge >= 0.3 is 5.97 Å². The van der Waals surface area contributed by atoms with Crippen molar-refractivity contribution >= 4 is 5.97 Å². The van der Waals surface area contributed by atoms with E-state index in [1.807, 2.05) is 19.9 Å². The van der Waals surface area contributed by atoms with Gasteiger partial charge in [0, 0.05) is 0 Å². The van der Waals surface area contributed by atoms with Crippen molar-refractivity contribution in [2.45, 2.75) is 27.2 Å². The lowest BCUT2D eigenvalue weighted by Gasteiger charge is -2.00. The lowest BCUT2D eigenvalue weighted by Crippen LogP contribution is -2.06. The third-order valence-corrected chi connectivity index (χ3v) is 1.41. The van der Waals surface area contributed by atoms with E-state index in [4.69, 9.17) is 10.00 Å². The molecule has 0 aromatic carbocycles. The first kappa shape index (κ1) is 11.7. The molecule has 0 aliphatic carbocycles. The van der Waals surface area contributed by atoms with Crippen molar-refractivity contribution in [3.05, 3.63) is 11.6 Å². The smallest absolute Gasteiger partial charge is 0.348 e. The molecule has 0 bridgehead atoms. The van der Waals surface area contributed by atoms with Crippen molar-refractivity contribution in [1.29, 1.82) is 5.26 Å². The fraction of sp³-hybridized carbons (Fsp3) is 0.600. The Morgan fingerprint density at radius 2 is 2.23 bits per heavy atom. The van der Waals surface area contributed by atoms with Gasteiger partial charge < -0.3 is 4.74 Å². The average molecular weight is 181 g/mol. The third-order valence-electron chi connectivity index (χ3n) is 1.41. The minimum Gasteiger partial charge on any atom is -0.462 e. The maximum Gasteiger partial charge on any atom is 0.348 e. The molecule has 0 aliphatic heterocycles. The van der Waals surface area contributed by atoms with Crippen LogP contribution in [0.25, 0.3) is 0 Å². The summed E-state index contributed by atoms with van der Waals surface area (Å²) >= 11 is 0. The predicted octanol–water partition coefficient (Wildman–Crippen LogP) is 2.05. The number of esters is 1. The molecule has 3 heteroatoms. The van der Waals surface area contributed by atoms with Crippen LogP contribution in [-0.2, 0) is 9.53 Å². The van der Waals surface area contributed by atoms with Crippen molar-refractivity contribution < 1.29 is 9.53 Å². The van der Waals surface area contributed by atoms with E-state index in [0.717, 1.165) is 6.42 Å². The zero-order chi connectivity index (χ0) is 10.3. The van der Waals surface area contributed by atoms with Crippen LogP contribution < -0.4 is 0 Å². The highest BCUT2D eigenvalue weighted by molar-refractivity contribution is 5.92. The number of hydrogen-bond acceptors (Lipinski definition) is 3. The molecule has 3 nitrogen and oxygen atoms in total. The fourth-order valence-electron chi connectivity index (χ4n) is 0.737. The lowest BCUT2D eigenvalue weighted by atomic mass is 10.1. The van der Waals surface area contributed by atoms with Crippen molar-refractivity contribution in [1.82, 2.24) is 0 Å². The second-order valence-electron chi connectivity index (χ2n) is 3.08. The number of nitriles is 1. The molecule has 13 heavy (non-hydrogen) atoms. The van der Waals surface area contributed by atoms with Crippen molar-refractivity contribution in [2.24, 2.45) is 5.92 Å². The van der Waals surface area contributed by atoms with Crippen molar-refractivity contribution in [2.75, 3.05) is 6.61 Å². The van der Waals surface area contributed by atoms with Gasteiger partial charge in [0.25, 0.3) is 0 Å². The Kier molecular flexibility index (Phi) is 5.62. The zero-order valence-corrected chi connectivity index (χ0v) is 8.33. The molecule has 0 saturated carbocycles. The van der Waals surface area contributed by atoms with Crippen LogP contribution in [0.3, 0.4) is 0 Å². The maximum absolute atomic E-state index is 11.1. The van der Waals surface area contributed by atoms with Crippen LogP contribution in [0.2, 0.25) is 0 Å². The van der Waals surface area contributed by atoms with Crippen LogP contribution in [0.5, 0.6) is 0 Å². The highest BCUT2D eigenvalue weighted by Gasteiger charge is 2.08. The molecule has 72 valence electrons. The summed E-state index contributed by atoms with van der Waals surface area (Å²) in [4.78, 5) is 11.1. The number of ether oxygens (including phenoxy) is 1. The molecule has 0 rings (SSSR count). The van der Waals surface area contributed by atoms with Crippen LogP contribution in [0.15, 0.2) is 11.6 Å². The minimum absolute atomic E-state index is 0.107. The Labute approximate surface area is 79.0 Å². The number of hydrogen-bond donors (Lipinski definition) is 0. The minimum atomic E-state index is -0.523. The SMILES string of the molecule is CCOC(=O)C(C#N)=CCC(C)C. The number of nitrogens with zero attached hydrogens (tertiary/aromatic N) is 1. The van der Waals surface area contributed by atoms with Crippen LogP contribution >= 0.6 is 0 Å². The summed E-state index contributed by atoms with van der Waals surface area (Å²) < 4.78 is 4.70. The summed E-state index contributed by atoms with van der Waals surface area (Å²) in [6.07, 6.45) is 2.35. The topological polar surface area (TPSA) is 50.1 Å². The summed E-state index contributed by atoms with van der Waals surface area (Å²) in [5, 5.41) is 8.62. The third kappa shape index (κ3) is 5.02. The van der Waals surface area contributed by atoms with Gasteiger partial charge in [-0.3, -0.25) is 0 Å². The maximum atomic E-state index is 11.1. The zero-order valence-electron chi connectivity index (χ0n) is 8.33. The first-order valence-electron chi connectivity index (χ1n) is 4.39. The summed E-state index contributed by atoms with van der Waals surface area (Å²) in [5.74, 6) is -0.0802. The van der Waals surface area contributed by atoms with E-state index in [2.05, 4.69) is 0 Å². The standard InChI is InChI=1S/C10H15NO2/c1-4-13-10(12)9(7-11)6-5-8(2)3/h6,8H,4-5H2,1-3H3. The first-order chi connectivity index (χ1) is 6.11. The molecule has 0 heterocycles. The largest absolute Gasteiger partial charge is 0.462 e. The molecule has 0 saturated heterocycles. The summed E-state index contributed by atoms with van der Waals surface area (Å²) in [7, 11) is 0. The second-order valence-corrected chi connectivity index (χ2v) is 3.08. The first-order valence-corrected chi connectivity index (χ1v) is 4.39. The number of allylic oxidation sites excluding steroid dienone is 1. The number of rotatable bonds is 4. The van der Waals surface area contributed by atoms with Crippen LogP contribution in [0, 0.1) is 17.2 Å². The average Bonchev–Trinajstić information content (AvgIpc) is 2.05. The molecule has 0 aliphatic rings. The normalized spacial score (nSPS) is 11.2. The lowest BCUT2D eigenvalue weighted by molar-refractivity contribution is -0.138. The summed E-state index contributed by atoms with van der Waals surface area (Å²) in [6.45, 7) is 6.07. The molecule has 0 aromatic heterocycles.